The Hall–Kier alpha value is -1.39. The Morgan fingerprint density at radius 1 is 1.28 bits per heavy atom. The molecule has 0 spiro atoms. The molecule has 0 aliphatic carbocycles. The minimum Gasteiger partial charge on any atom is -0.419 e. The van der Waals surface area contributed by atoms with Crippen molar-refractivity contribution in [1.82, 2.24) is 0 Å². The quantitative estimate of drug-likeness (QED) is 0.785. The van der Waals surface area contributed by atoms with Gasteiger partial charge in [0, 0.05) is 23.4 Å². The average molecular weight is 291 g/mol. The van der Waals surface area contributed by atoms with Crippen LogP contribution in [-0.2, 0) is 6.42 Å². The molecule has 0 aliphatic heterocycles. The molecule has 0 unspecified atom stereocenters. The summed E-state index contributed by atoms with van der Waals surface area (Å²) in [5.74, 6) is -1.66. The number of halogens is 4. The van der Waals surface area contributed by atoms with E-state index in [0.29, 0.717) is 6.07 Å². The minimum atomic E-state index is -0.917. The number of benzene rings is 1. The summed E-state index contributed by atoms with van der Waals surface area (Å²) in [4.78, 5) is 11.5. The highest BCUT2D eigenvalue weighted by atomic mass is 35.5. The zero-order chi connectivity index (χ0) is 13.3. The molecular formula is C12H6Cl2F2O2. The molecule has 2 rings (SSSR count). The molecule has 0 aliphatic rings. The van der Waals surface area contributed by atoms with Crippen LogP contribution in [0.3, 0.4) is 0 Å². The van der Waals surface area contributed by atoms with E-state index in [1.165, 1.54) is 12.1 Å². The van der Waals surface area contributed by atoms with Crippen LogP contribution in [0.1, 0.15) is 5.56 Å². The van der Waals surface area contributed by atoms with E-state index < -0.39 is 17.3 Å². The predicted octanol–water partition coefficient (Wildman–Crippen LogP) is 3.93. The van der Waals surface area contributed by atoms with Gasteiger partial charge in [-0.05, 0) is 18.2 Å². The second-order valence-electron chi connectivity index (χ2n) is 3.56. The van der Waals surface area contributed by atoms with Crippen LogP contribution in [0.25, 0.3) is 11.0 Å². The van der Waals surface area contributed by atoms with Gasteiger partial charge in [0.15, 0.2) is 11.4 Å². The summed E-state index contributed by atoms with van der Waals surface area (Å²) in [5.41, 5.74) is -0.767. The van der Waals surface area contributed by atoms with E-state index >= 15 is 0 Å². The molecule has 0 atom stereocenters. The summed E-state index contributed by atoms with van der Waals surface area (Å²) in [5, 5.41) is 0.168. The van der Waals surface area contributed by atoms with Gasteiger partial charge in [-0.15, -0.1) is 0 Å². The normalized spacial score (nSPS) is 10.7. The van der Waals surface area contributed by atoms with Gasteiger partial charge in [0.05, 0.1) is 0 Å². The Morgan fingerprint density at radius 3 is 2.67 bits per heavy atom. The lowest BCUT2D eigenvalue weighted by Gasteiger charge is -2.01. The molecule has 0 radical (unpaired) electrons. The minimum absolute atomic E-state index is 0.0000743. The molecule has 2 nitrogen and oxygen atoms in total. The summed E-state index contributed by atoms with van der Waals surface area (Å²) < 4.78 is 31.2. The lowest BCUT2D eigenvalue weighted by molar-refractivity contribution is 0.511. The van der Waals surface area contributed by atoms with Crippen LogP contribution in [0.2, 0.25) is 0 Å². The fraction of sp³-hybridized carbons (Fsp3) is 0.0833. The van der Waals surface area contributed by atoms with Crippen LogP contribution in [0.4, 0.5) is 8.78 Å². The van der Waals surface area contributed by atoms with Gasteiger partial charge in [-0.1, -0.05) is 23.2 Å². The van der Waals surface area contributed by atoms with E-state index in [0.717, 1.165) is 6.07 Å². The number of hydrogen-bond donors (Lipinski definition) is 0. The first kappa shape index (κ1) is 13.1. The Labute approximate surface area is 110 Å². The van der Waals surface area contributed by atoms with Crippen molar-refractivity contribution in [2.45, 2.75) is 6.42 Å². The molecule has 1 aromatic carbocycles. The Morgan fingerprint density at radius 2 is 2.00 bits per heavy atom. The molecule has 94 valence electrons. The average Bonchev–Trinajstić information content (AvgIpc) is 2.27. The summed E-state index contributed by atoms with van der Waals surface area (Å²) >= 11 is 10.8. The SMILES string of the molecule is O=c1oc2c(F)cc(F)cc2cc1CC=C(Cl)Cl. The van der Waals surface area contributed by atoms with Gasteiger partial charge in [-0.25, -0.2) is 13.6 Å². The van der Waals surface area contributed by atoms with Crippen LogP contribution < -0.4 is 5.63 Å². The monoisotopic (exact) mass is 290 g/mol. The molecule has 0 fully saturated rings. The number of allylic oxidation sites excluding steroid dienone is 1. The maximum absolute atomic E-state index is 13.3. The van der Waals surface area contributed by atoms with Crippen molar-refractivity contribution >= 4 is 34.2 Å². The standard InChI is InChI=1S/C12H6Cl2F2O2/c13-10(14)2-1-6-3-7-4-8(15)5-9(16)11(7)18-12(6)17/h2-5H,1H2. The highest BCUT2D eigenvalue weighted by Crippen LogP contribution is 2.19. The lowest BCUT2D eigenvalue weighted by Crippen LogP contribution is -2.06. The van der Waals surface area contributed by atoms with E-state index in [9.17, 15) is 13.6 Å². The number of hydrogen-bond acceptors (Lipinski definition) is 2. The molecular weight excluding hydrogens is 285 g/mol. The van der Waals surface area contributed by atoms with Crippen molar-refractivity contribution in [2.75, 3.05) is 0 Å². The van der Waals surface area contributed by atoms with Crippen LogP contribution in [0, 0.1) is 11.6 Å². The van der Waals surface area contributed by atoms with Gasteiger partial charge in [0.1, 0.15) is 10.3 Å². The van der Waals surface area contributed by atoms with Crippen LogP contribution in [-0.4, -0.2) is 0 Å². The Kier molecular flexibility index (Phi) is 3.68. The van der Waals surface area contributed by atoms with Gasteiger partial charge in [-0.3, -0.25) is 0 Å². The molecule has 2 aromatic rings. The van der Waals surface area contributed by atoms with Crippen molar-refractivity contribution < 1.29 is 13.2 Å². The van der Waals surface area contributed by atoms with Gasteiger partial charge in [0.2, 0.25) is 0 Å². The zero-order valence-electron chi connectivity index (χ0n) is 8.84. The third kappa shape index (κ3) is 2.71. The Bertz CT molecular complexity index is 688. The third-order valence-corrected chi connectivity index (χ3v) is 2.61. The fourth-order valence-electron chi connectivity index (χ4n) is 1.53. The fourth-order valence-corrected chi connectivity index (χ4v) is 1.68. The van der Waals surface area contributed by atoms with Crippen LogP contribution >= 0.6 is 23.2 Å². The van der Waals surface area contributed by atoms with Crippen molar-refractivity contribution in [3.63, 3.8) is 0 Å². The van der Waals surface area contributed by atoms with Gasteiger partial charge in [-0.2, -0.15) is 0 Å². The van der Waals surface area contributed by atoms with Crippen molar-refractivity contribution in [3.8, 4) is 0 Å². The zero-order valence-corrected chi connectivity index (χ0v) is 10.4. The van der Waals surface area contributed by atoms with Gasteiger partial charge in [0.25, 0.3) is 0 Å². The summed E-state index contributed by atoms with van der Waals surface area (Å²) in [6.45, 7) is 0. The largest absolute Gasteiger partial charge is 0.419 e. The predicted molar refractivity (Wildman–Crippen MR) is 65.9 cm³/mol. The number of fused-ring (bicyclic) bond motifs is 1. The van der Waals surface area contributed by atoms with Crippen LogP contribution in [0.5, 0.6) is 0 Å². The maximum atomic E-state index is 13.3. The molecule has 1 heterocycles. The van der Waals surface area contributed by atoms with Gasteiger partial charge >= 0.3 is 5.63 Å². The van der Waals surface area contributed by atoms with E-state index in [2.05, 4.69) is 0 Å². The smallest absolute Gasteiger partial charge is 0.339 e. The highest BCUT2D eigenvalue weighted by molar-refractivity contribution is 6.55. The van der Waals surface area contributed by atoms with Crippen molar-refractivity contribution in [2.24, 2.45) is 0 Å². The molecule has 18 heavy (non-hydrogen) atoms. The van der Waals surface area contributed by atoms with Crippen LogP contribution in [0.15, 0.2) is 38.0 Å². The highest BCUT2D eigenvalue weighted by Gasteiger charge is 2.10. The van der Waals surface area contributed by atoms with E-state index in [1.54, 1.807) is 0 Å². The number of rotatable bonds is 2. The maximum Gasteiger partial charge on any atom is 0.339 e. The lowest BCUT2D eigenvalue weighted by atomic mass is 10.1. The molecule has 0 amide bonds. The van der Waals surface area contributed by atoms with Crippen molar-refractivity contribution in [1.29, 1.82) is 0 Å². The topological polar surface area (TPSA) is 30.2 Å². The summed E-state index contributed by atoms with van der Waals surface area (Å²) in [6, 6.07) is 3.08. The second-order valence-corrected chi connectivity index (χ2v) is 4.57. The third-order valence-electron chi connectivity index (χ3n) is 2.30. The molecule has 1 aromatic heterocycles. The first-order valence-electron chi connectivity index (χ1n) is 4.90. The molecule has 0 N–H and O–H groups in total. The Balaban J connectivity index is 2.61. The second kappa shape index (κ2) is 5.08. The molecule has 6 heteroatoms. The van der Waals surface area contributed by atoms with E-state index in [4.69, 9.17) is 27.6 Å². The first-order chi connectivity index (χ1) is 8.47. The van der Waals surface area contributed by atoms with E-state index in [-0.39, 0.29) is 27.4 Å². The molecule has 0 saturated heterocycles. The van der Waals surface area contributed by atoms with Crippen molar-refractivity contribution in [3.05, 3.63) is 56.4 Å². The summed E-state index contributed by atoms with van der Waals surface area (Å²) in [6.07, 6.45) is 1.51. The molecule has 0 bridgehead atoms. The first-order valence-corrected chi connectivity index (χ1v) is 5.66. The molecule has 0 saturated carbocycles. The van der Waals surface area contributed by atoms with Gasteiger partial charge < -0.3 is 4.42 Å². The summed E-state index contributed by atoms with van der Waals surface area (Å²) in [7, 11) is 0. The van der Waals surface area contributed by atoms with E-state index in [1.807, 2.05) is 0 Å².